The number of para-hydroxylation sites is 1. The summed E-state index contributed by atoms with van der Waals surface area (Å²) in [5.74, 6) is 0.588. The molecule has 0 aliphatic carbocycles. The standard InChI is InChI=1S/C14H13N5OS2/c20-13(18-7-10(8-18)19-6-5-15-17-19)9-21-14-16-11-3-1-2-4-12(11)22-14/h1-6,10H,7-9H2. The van der Waals surface area contributed by atoms with Gasteiger partial charge in [0.1, 0.15) is 0 Å². The van der Waals surface area contributed by atoms with Crippen LogP contribution in [0.5, 0.6) is 0 Å². The van der Waals surface area contributed by atoms with Crippen molar-refractivity contribution in [3.8, 4) is 0 Å². The number of likely N-dealkylation sites (tertiary alicyclic amines) is 1. The molecular formula is C14H13N5OS2. The molecular weight excluding hydrogens is 318 g/mol. The number of thioether (sulfide) groups is 1. The number of thiazole rings is 1. The van der Waals surface area contributed by atoms with Crippen LogP contribution in [0.15, 0.2) is 41.0 Å². The molecule has 0 unspecified atom stereocenters. The largest absolute Gasteiger partial charge is 0.338 e. The van der Waals surface area contributed by atoms with Crippen molar-refractivity contribution in [2.24, 2.45) is 0 Å². The Morgan fingerprint density at radius 3 is 3.00 bits per heavy atom. The molecule has 1 aromatic carbocycles. The summed E-state index contributed by atoms with van der Waals surface area (Å²) in [6.45, 7) is 1.42. The molecule has 112 valence electrons. The Hall–Kier alpha value is -1.93. The van der Waals surface area contributed by atoms with Crippen LogP contribution in [0.25, 0.3) is 10.2 Å². The van der Waals surface area contributed by atoms with E-state index < -0.39 is 0 Å². The van der Waals surface area contributed by atoms with Crippen molar-refractivity contribution in [1.29, 1.82) is 0 Å². The van der Waals surface area contributed by atoms with Crippen molar-refractivity contribution < 1.29 is 4.79 Å². The predicted molar refractivity (Wildman–Crippen MR) is 86.0 cm³/mol. The highest BCUT2D eigenvalue weighted by atomic mass is 32.2. The van der Waals surface area contributed by atoms with E-state index >= 15 is 0 Å². The van der Waals surface area contributed by atoms with Crippen LogP contribution in [0.1, 0.15) is 6.04 Å². The number of benzene rings is 1. The average molecular weight is 331 g/mol. The summed E-state index contributed by atoms with van der Waals surface area (Å²) in [7, 11) is 0. The maximum absolute atomic E-state index is 12.2. The third kappa shape index (κ3) is 2.59. The number of carbonyl (C=O) groups excluding carboxylic acids is 1. The van der Waals surface area contributed by atoms with Crippen LogP contribution in [0.3, 0.4) is 0 Å². The molecule has 1 fully saturated rings. The second kappa shape index (κ2) is 5.69. The van der Waals surface area contributed by atoms with E-state index in [1.165, 1.54) is 11.8 Å². The summed E-state index contributed by atoms with van der Waals surface area (Å²) in [6, 6.07) is 8.29. The highest BCUT2D eigenvalue weighted by molar-refractivity contribution is 8.01. The summed E-state index contributed by atoms with van der Waals surface area (Å²) in [4.78, 5) is 18.6. The van der Waals surface area contributed by atoms with Crippen LogP contribution in [0.2, 0.25) is 0 Å². The molecule has 4 rings (SSSR count). The maximum Gasteiger partial charge on any atom is 0.233 e. The van der Waals surface area contributed by atoms with Gasteiger partial charge in [0.15, 0.2) is 4.34 Å². The highest BCUT2D eigenvalue weighted by Crippen LogP contribution is 2.30. The van der Waals surface area contributed by atoms with Crippen LogP contribution in [0, 0.1) is 0 Å². The van der Waals surface area contributed by atoms with Gasteiger partial charge in [-0.05, 0) is 12.1 Å². The first-order valence-electron chi connectivity index (χ1n) is 6.91. The van der Waals surface area contributed by atoms with Crippen LogP contribution in [-0.2, 0) is 4.79 Å². The van der Waals surface area contributed by atoms with Crippen molar-refractivity contribution in [3.63, 3.8) is 0 Å². The van der Waals surface area contributed by atoms with E-state index in [1.807, 2.05) is 34.0 Å². The average Bonchev–Trinajstić information content (AvgIpc) is 3.12. The third-order valence-corrected chi connectivity index (χ3v) is 5.79. The molecule has 6 nitrogen and oxygen atoms in total. The second-order valence-electron chi connectivity index (χ2n) is 5.07. The van der Waals surface area contributed by atoms with Gasteiger partial charge < -0.3 is 4.90 Å². The lowest BCUT2D eigenvalue weighted by molar-refractivity contribution is -0.134. The van der Waals surface area contributed by atoms with Gasteiger partial charge in [-0.25, -0.2) is 9.67 Å². The number of fused-ring (bicyclic) bond motifs is 1. The Morgan fingerprint density at radius 1 is 1.36 bits per heavy atom. The number of amides is 1. The molecule has 1 saturated heterocycles. The minimum Gasteiger partial charge on any atom is -0.338 e. The Kier molecular flexibility index (Phi) is 3.55. The Morgan fingerprint density at radius 2 is 2.23 bits per heavy atom. The van der Waals surface area contributed by atoms with Gasteiger partial charge in [0.05, 0.1) is 28.2 Å². The van der Waals surface area contributed by atoms with Crippen molar-refractivity contribution in [2.45, 2.75) is 10.4 Å². The topological polar surface area (TPSA) is 63.9 Å². The van der Waals surface area contributed by atoms with E-state index in [0.29, 0.717) is 18.8 Å². The van der Waals surface area contributed by atoms with Gasteiger partial charge in [0.25, 0.3) is 0 Å². The Bertz CT molecular complexity index is 762. The number of hydrogen-bond donors (Lipinski definition) is 0. The molecule has 0 atom stereocenters. The van der Waals surface area contributed by atoms with Gasteiger partial charge in [-0.15, -0.1) is 16.4 Å². The summed E-state index contributed by atoms with van der Waals surface area (Å²) < 4.78 is 3.92. The van der Waals surface area contributed by atoms with Crippen molar-refractivity contribution in [3.05, 3.63) is 36.7 Å². The summed E-state index contributed by atoms with van der Waals surface area (Å²) in [6.07, 6.45) is 3.50. The van der Waals surface area contributed by atoms with E-state index in [1.54, 1.807) is 17.5 Å². The zero-order valence-corrected chi connectivity index (χ0v) is 13.3. The zero-order chi connectivity index (χ0) is 14.9. The maximum atomic E-state index is 12.2. The molecule has 0 saturated carbocycles. The van der Waals surface area contributed by atoms with E-state index in [4.69, 9.17) is 0 Å². The van der Waals surface area contributed by atoms with Crippen molar-refractivity contribution in [1.82, 2.24) is 24.9 Å². The Balaban J connectivity index is 1.32. The van der Waals surface area contributed by atoms with Gasteiger partial charge in [-0.1, -0.05) is 29.1 Å². The summed E-state index contributed by atoms with van der Waals surface area (Å²) in [5.41, 5.74) is 0.998. The van der Waals surface area contributed by atoms with E-state index in [0.717, 1.165) is 14.6 Å². The first-order valence-corrected chi connectivity index (χ1v) is 8.72. The Labute approximate surface area is 135 Å². The van der Waals surface area contributed by atoms with Crippen LogP contribution in [0.4, 0.5) is 0 Å². The molecule has 1 aliphatic rings. The second-order valence-corrected chi connectivity index (χ2v) is 7.32. The van der Waals surface area contributed by atoms with Gasteiger partial charge in [0.2, 0.25) is 5.91 Å². The van der Waals surface area contributed by atoms with Gasteiger partial charge in [-0.3, -0.25) is 4.79 Å². The normalized spacial score (nSPS) is 15.2. The number of carbonyl (C=O) groups is 1. The number of aromatic nitrogens is 4. The molecule has 1 amide bonds. The first kappa shape index (κ1) is 13.7. The number of hydrogen-bond acceptors (Lipinski definition) is 6. The molecule has 0 radical (unpaired) electrons. The zero-order valence-electron chi connectivity index (χ0n) is 11.6. The minimum absolute atomic E-state index is 0.153. The molecule has 0 spiro atoms. The SMILES string of the molecule is O=C(CSc1nc2ccccc2s1)N1CC(n2ccnn2)C1. The van der Waals surface area contributed by atoms with Crippen LogP contribution >= 0.6 is 23.1 Å². The molecule has 8 heteroatoms. The molecule has 2 aromatic heterocycles. The lowest BCUT2D eigenvalue weighted by Gasteiger charge is -2.38. The van der Waals surface area contributed by atoms with E-state index in [2.05, 4.69) is 21.4 Å². The van der Waals surface area contributed by atoms with Gasteiger partial charge in [-0.2, -0.15) is 0 Å². The van der Waals surface area contributed by atoms with Crippen LogP contribution < -0.4 is 0 Å². The van der Waals surface area contributed by atoms with Crippen LogP contribution in [-0.4, -0.2) is 49.6 Å². The smallest absolute Gasteiger partial charge is 0.233 e. The fourth-order valence-electron chi connectivity index (χ4n) is 2.37. The summed E-state index contributed by atoms with van der Waals surface area (Å²) in [5, 5.41) is 7.76. The highest BCUT2D eigenvalue weighted by Gasteiger charge is 2.32. The van der Waals surface area contributed by atoms with E-state index in [-0.39, 0.29) is 11.9 Å². The fraction of sp³-hybridized carbons (Fsp3) is 0.286. The molecule has 22 heavy (non-hydrogen) atoms. The first-order chi connectivity index (χ1) is 10.8. The monoisotopic (exact) mass is 331 g/mol. The number of rotatable bonds is 4. The predicted octanol–water partition coefficient (Wildman–Crippen LogP) is 2.06. The lowest BCUT2D eigenvalue weighted by atomic mass is 10.1. The molecule has 0 bridgehead atoms. The number of nitrogens with zero attached hydrogens (tertiary/aromatic N) is 5. The minimum atomic E-state index is 0.153. The van der Waals surface area contributed by atoms with Crippen molar-refractivity contribution >= 4 is 39.2 Å². The quantitative estimate of drug-likeness (QED) is 0.685. The fourth-order valence-corrected chi connectivity index (χ4v) is 4.34. The van der Waals surface area contributed by atoms with Crippen molar-refractivity contribution in [2.75, 3.05) is 18.8 Å². The molecule has 3 aromatic rings. The van der Waals surface area contributed by atoms with E-state index in [9.17, 15) is 4.79 Å². The molecule has 0 N–H and O–H groups in total. The molecule has 1 aliphatic heterocycles. The third-order valence-electron chi connectivity index (χ3n) is 3.62. The van der Waals surface area contributed by atoms with Gasteiger partial charge >= 0.3 is 0 Å². The molecule has 3 heterocycles. The lowest BCUT2D eigenvalue weighted by Crippen LogP contribution is -2.51. The van der Waals surface area contributed by atoms with Gasteiger partial charge in [0, 0.05) is 19.3 Å². The summed E-state index contributed by atoms with van der Waals surface area (Å²) >= 11 is 3.15.